The number of hydrazone groups is 1. The van der Waals surface area contributed by atoms with Gasteiger partial charge in [-0.2, -0.15) is 5.10 Å². The third-order valence-electron chi connectivity index (χ3n) is 5.32. The molecule has 2 aromatic carbocycles. The molecule has 0 unspecified atom stereocenters. The number of piperazine rings is 1. The molecule has 158 valence electrons. The van der Waals surface area contributed by atoms with E-state index in [0.717, 1.165) is 26.2 Å². The van der Waals surface area contributed by atoms with Crippen molar-refractivity contribution in [1.82, 2.24) is 10.3 Å². The first-order valence-electron chi connectivity index (χ1n) is 10.0. The molecule has 1 aliphatic heterocycles. The lowest BCUT2D eigenvalue weighted by atomic mass is 10.1. The molecule has 1 N–H and O–H groups in total. The van der Waals surface area contributed by atoms with Crippen LogP contribution in [-0.4, -0.2) is 54.2 Å². The van der Waals surface area contributed by atoms with Gasteiger partial charge in [0.2, 0.25) is 5.91 Å². The van der Waals surface area contributed by atoms with E-state index in [-0.39, 0.29) is 11.6 Å². The number of para-hydroxylation sites is 1. The van der Waals surface area contributed by atoms with E-state index in [0.29, 0.717) is 29.8 Å². The number of carbonyl (C=O) groups excluding carboxylic acids is 1. The minimum atomic E-state index is -0.414. The second-order valence-corrected chi connectivity index (χ2v) is 7.40. The first-order chi connectivity index (χ1) is 14.4. The van der Waals surface area contributed by atoms with E-state index in [1.54, 1.807) is 26.0 Å². The Morgan fingerprint density at radius 1 is 1.13 bits per heavy atom. The van der Waals surface area contributed by atoms with Crippen LogP contribution in [0.3, 0.4) is 0 Å². The zero-order valence-electron chi connectivity index (χ0n) is 17.4. The summed E-state index contributed by atoms with van der Waals surface area (Å²) in [7, 11) is 0. The van der Waals surface area contributed by atoms with Crippen molar-refractivity contribution in [3.8, 4) is 0 Å². The maximum Gasteiger partial charge on any atom is 0.272 e. The second kappa shape index (κ2) is 9.98. The fourth-order valence-corrected chi connectivity index (χ4v) is 3.43. The number of benzene rings is 2. The highest BCUT2D eigenvalue weighted by Crippen LogP contribution is 2.19. The first-order valence-corrected chi connectivity index (χ1v) is 10.0. The van der Waals surface area contributed by atoms with Crippen LogP contribution < -0.4 is 10.3 Å². The van der Waals surface area contributed by atoms with Crippen molar-refractivity contribution >= 4 is 23.0 Å². The van der Waals surface area contributed by atoms with Crippen molar-refractivity contribution in [1.29, 1.82) is 0 Å². The fourth-order valence-electron chi connectivity index (χ4n) is 3.43. The van der Waals surface area contributed by atoms with E-state index in [9.17, 15) is 14.9 Å². The first kappa shape index (κ1) is 21.4. The number of amides is 1. The van der Waals surface area contributed by atoms with Crippen LogP contribution in [0.1, 0.15) is 24.5 Å². The van der Waals surface area contributed by atoms with Crippen molar-refractivity contribution in [2.75, 3.05) is 37.6 Å². The predicted molar refractivity (Wildman–Crippen MR) is 118 cm³/mol. The maximum atomic E-state index is 12.2. The van der Waals surface area contributed by atoms with Crippen molar-refractivity contribution in [3.05, 3.63) is 69.8 Å². The molecule has 1 aliphatic rings. The normalized spacial score (nSPS) is 15.1. The number of aryl methyl sites for hydroxylation is 1. The lowest BCUT2D eigenvalue weighted by molar-refractivity contribution is -0.385. The summed E-state index contributed by atoms with van der Waals surface area (Å²) in [5.41, 5.74) is 5.57. The standard InChI is InChI=1S/C22H27N5O3/c1-17-8-9-19(16-21(17)27(29)30)18(2)23-24-22(28)10-11-25-12-14-26(15-13-25)20-6-4-3-5-7-20/h3-9,16H,10-15H2,1-2H3,(H,24,28)/b23-18+. The maximum absolute atomic E-state index is 12.2. The largest absolute Gasteiger partial charge is 0.369 e. The Labute approximate surface area is 176 Å². The Kier molecular flexibility index (Phi) is 7.13. The van der Waals surface area contributed by atoms with Crippen molar-refractivity contribution in [3.63, 3.8) is 0 Å². The molecule has 1 amide bonds. The van der Waals surface area contributed by atoms with Gasteiger partial charge in [0.1, 0.15) is 0 Å². The minimum Gasteiger partial charge on any atom is -0.369 e. The van der Waals surface area contributed by atoms with Gasteiger partial charge in [0.25, 0.3) is 5.69 Å². The van der Waals surface area contributed by atoms with Gasteiger partial charge in [0, 0.05) is 62.0 Å². The molecule has 1 fully saturated rings. The molecule has 8 heteroatoms. The molecule has 2 aromatic rings. The third-order valence-corrected chi connectivity index (χ3v) is 5.32. The number of carbonyl (C=O) groups is 1. The van der Waals surface area contributed by atoms with Gasteiger partial charge in [0.05, 0.1) is 10.6 Å². The van der Waals surface area contributed by atoms with Crippen LogP contribution in [0.2, 0.25) is 0 Å². The highest BCUT2D eigenvalue weighted by atomic mass is 16.6. The summed E-state index contributed by atoms with van der Waals surface area (Å²) in [6, 6.07) is 15.3. The molecule has 3 rings (SSSR count). The fraction of sp³-hybridized carbons (Fsp3) is 0.364. The number of hydrogen-bond acceptors (Lipinski definition) is 6. The van der Waals surface area contributed by atoms with Crippen LogP contribution in [-0.2, 0) is 4.79 Å². The second-order valence-electron chi connectivity index (χ2n) is 7.40. The van der Waals surface area contributed by atoms with Crippen LogP contribution in [0.4, 0.5) is 11.4 Å². The van der Waals surface area contributed by atoms with Gasteiger partial charge in [-0.05, 0) is 26.0 Å². The van der Waals surface area contributed by atoms with Gasteiger partial charge in [-0.3, -0.25) is 19.8 Å². The van der Waals surface area contributed by atoms with Gasteiger partial charge in [-0.25, -0.2) is 5.43 Å². The minimum absolute atomic E-state index is 0.0445. The van der Waals surface area contributed by atoms with Gasteiger partial charge < -0.3 is 4.90 Å². The Morgan fingerprint density at radius 3 is 2.50 bits per heavy atom. The smallest absolute Gasteiger partial charge is 0.272 e. The Bertz CT molecular complexity index is 922. The van der Waals surface area contributed by atoms with Crippen LogP contribution in [0.25, 0.3) is 0 Å². The summed E-state index contributed by atoms with van der Waals surface area (Å²) < 4.78 is 0. The summed E-state index contributed by atoms with van der Waals surface area (Å²) in [5.74, 6) is -0.165. The number of nitrogens with one attached hydrogen (secondary N) is 1. The average Bonchev–Trinajstić information content (AvgIpc) is 2.77. The van der Waals surface area contributed by atoms with E-state index in [2.05, 4.69) is 32.5 Å². The van der Waals surface area contributed by atoms with Crippen LogP contribution in [0.5, 0.6) is 0 Å². The van der Waals surface area contributed by atoms with E-state index in [4.69, 9.17) is 0 Å². The number of nitro benzene ring substituents is 1. The lowest BCUT2D eigenvalue weighted by Crippen LogP contribution is -2.47. The van der Waals surface area contributed by atoms with E-state index >= 15 is 0 Å². The third kappa shape index (κ3) is 5.64. The number of nitrogens with zero attached hydrogens (tertiary/aromatic N) is 4. The quantitative estimate of drug-likeness (QED) is 0.431. The van der Waals surface area contributed by atoms with E-state index < -0.39 is 4.92 Å². The topological polar surface area (TPSA) is 91.1 Å². The Morgan fingerprint density at radius 2 is 1.83 bits per heavy atom. The highest BCUT2D eigenvalue weighted by Gasteiger charge is 2.17. The van der Waals surface area contributed by atoms with Gasteiger partial charge in [-0.1, -0.05) is 30.3 Å². The van der Waals surface area contributed by atoms with Crippen molar-refractivity contribution in [2.45, 2.75) is 20.3 Å². The zero-order valence-corrected chi connectivity index (χ0v) is 17.4. The molecule has 1 saturated heterocycles. The summed E-state index contributed by atoms with van der Waals surface area (Å²) >= 11 is 0. The summed E-state index contributed by atoms with van der Waals surface area (Å²) in [6.07, 6.45) is 0.357. The van der Waals surface area contributed by atoms with E-state index in [1.807, 2.05) is 18.2 Å². The summed E-state index contributed by atoms with van der Waals surface area (Å²) in [6.45, 7) is 7.80. The van der Waals surface area contributed by atoms with E-state index in [1.165, 1.54) is 11.8 Å². The Balaban J connectivity index is 1.45. The molecule has 0 spiro atoms. The molecule has 0 radical (unpaired) electrons. The number of hydrogen-bond donors (Lipinski definition) is 1. The summed E-state index contributed by atoms with van der Waals surface area (Å²) in [4.78, 5) is 27.5. The molecule has 0 aliphatic carbocycles. The molecule has 30 heavy (non-hydrogen) atoms. The van der Waals surface area contributed by atoms with Gasteiger partial charge in [-0.15, -0.1) is 0 Å². The molecule has 0 aromatic heterocycles. The zero-order chi connectivity index (χ0) is 21.5. The van der Waals surface area contributed by atoms with Crippen LogP contribution in [0.15, 0.2) is 53.6 Å². The molecule has 0 saturated carbocycles. The van der Waals surface area contributed by atoms with Crippen LogP contribution >= 0.6 is 0 Å². The Hall–Kier alpha value is -3.26. The van der Waals surface area contributed by atoms with Gasteiger partial charge in [0.15, 0.2) is 0 Å². The monoisotopic (exact) mass is 409 g/mol. The highest BCUT2D eigenvalue weighted by molar-refractivity contribution is 5.99. The van der Waals surface area contributed by atoms with Crippen molar-refractivity contribution in [2.24, 2.45) is 5.10 Å². The molecular formula is C22H27N5O3. The summed E-state index contributed by atoms with van der Waals surface area (Å²) in [5, 5.41) is 15.2. The molecule has 1 heterocycles. The van der Waals surface area contributed by atoms with Crippen molar-refractivity contribution < 1.29 is 9.72 Å². The van der Waals surface area contributed by atoms with Gasteiger partial charge >= 0.3 is 0 Å². The molecule has 0 bridgehead atoms. The number of rotatable bonds is 7. The molecule has 0 atom stereocenters. The lowest BCUT2D eigenvalue weighted by Gasteiger charge is -2.36. The SMILES string of the molecule is C/C(=N\NC(=O)CCN1CCN(c2ccccc2)CC1)c1ccc(C)c([N+](=O)[O-])c1. The molecule has 8 nitrogen and oxygen atoms in total. The molecular weight excluding hydrogens is 382 g/mol. The number of nitro groups is 1. The number of anilines is 1. The predicted octanol–water partition coefficient (Wildman–Crippen LogP) is 2.96. The van der Waals surface area contributed by atoms with Crippen LogP contribution in [0, 0.1) is 17.0 Å². The average molecular weight is 409 g/mol.